The first kappa shape index (κ1) is 76.1. The number of allylic oxidation sites excluding steroid dienone is 21. The molecular formula is C70H120N2O7P+. The number of amides is 1. The van der Waals surface area contributed by atoms with Crippen molar-refractivity contribution < 1.29 is 37.3 Å². The fourth-order valence-electron chi connectivity index (χ4n) is 8.54. The Morgan fingerprint density at radius 3 is 1.35 bits per heavy atom. The molecule has 0 aliphatic rings. The van der Waals surface area contributed by atoms with E-state index >= 15 is 0 Å². The van der Waals surface area contributed by atoms with Gasteiger partial charge in [0.15, 0.2) is 0 Å². The molecule has 0 saturated carbocycles. The topological polar surface area (TPSA) is 111 Å². The highest BCUT2D eigenvalue weighted by atomic mass is 31.2. The van der Waals surface area contributed by atoms with Crippen LogP contribution in [0.2, 0.25) is 0 Å². The Labute approximate surface area is 492 Å². The molecule has 456 valence electrons. The van der Waals surface area contributed by atoms with Gasteiger partial charge < -0.3 is 19.4 Å². The molecule has 0 fully saturated rings. The summed E-state index contributed by atoms with van der Waals surface area (Å²) in [5.74, 6) is -0.572. The predicted molar refractivity (Wildman–Crippen MR) is 346 cm³/mol. The summed E-state index contributed by atoms with van der Waals surface area (Å²) in [6.45, 7) is 6.78. The third-order valence-electron chi connectivity index (χ3n) is 13.5. The number of carbonyl (C=O) groups excluding carboxylic acids is 2. The number of quaternary nitrogens is 1. The molecular weight excluding hydrogens is 1010 g/mol. The summed E-state index contributed by atoms with van der Waals surface area (Å²) in [7, 11) is 1.44. The summed E-state index contributed by atoms with van der Waals surface area (Å²) in [5.41, 5.74) is 0. The van der Waals surface area contributed by atoms with Crippen LogP contribution >= 0.6 is 7.82 Å². The predicted octanol–water partition coefficient (Wildman–Crippen LogP) is 20.1. The van der Waals surface area contributed by atoms with Crippen LogP contribution in [-0.2, 0) is 27.9 Å². The molecule has 0 heterocycles. The van der Waals surface area contributed by atoms with E-state index in [2.05, 4.69) is 86.8 Å². The van der Waals surface area contributed by atoms with Crippen molar-refractivity contribution in [1.29, 1.82) is 0 Å². The molecule has 0 aliphatic heterocycles. The van der Waals surface area contributed by atoms with Crippen LogP contribution in [0.5, 0.6) is 0 Å². The zero-order chi connectivity index (χ0) is 58.6. The molecule has 1 amide bonds. The fraction of sp³-hybridized carbons (Fsp3) is 0.657. The number of phosphoric acid groups is 1. The number of hydrogen-bond donors (Lipinski definition) is 2. The molecule has 3 atom stereocenters. The maximum absolute atomic E-state index is 13.5. The van der Waals surface area contributed by atoms with Gasteiger partial charge in [-0.2, -0.15) is 0 Å². The molecule has 0 aromatic carbocycles. The average molecular weight is 1130 g/mol. The van der Waals surface area contributed by atoms with Crippen LogP contribution in [0.4, 0.5) is 0 Å². The van der Waals surface area contributed by atoms with Gasteiger partial charge in [0, 0.05) is 12.8 Å². The number of hydrogen-bond acceptors (Lipinski definition) is 6. The van der Waals surface area contributed by atoms with Crippen molar-refractivity contribution in [3.8, 4) is 0 Å². The average Bonchev–Trinajstić information content (AvgIpc) is 3.42. The molecule has 9 nitrogen and oxygen atoms in total. The second kappa shape index (κ2) is 58.4. The minimum Gasteiger partial charge on any atom is -0.456 e. The second-order valence-electron chi connectivity index (χ2n) is 22.4. The molecule has 0 radical (unpaired) electrons. The largest absolute Gasteiger partial charge is 0.472 e. The molecule has 10 heteroatoms. The molecule has 0 spiro atoms. The number of phosphoric ester groups is 1. The van der Waals surface area contributed by atoms with Gasteiger partial charge in [-0.3, -0.25) is 18.6 Å². The highest BCUT2D eigenvalue weighted by molar-refractivity contribution is 7.47. The Bertz CT molecular complexity index is 1830. The van der Waals surface area contributed by atoms with E-state index in [1.165, 1.54) is 109 Å². The van der Waals surface area contributed by atoms with Crippen LogP contribution in [0.3, 0.4) is 0 Å². The van der Waals surface area contributed by atoms with Gasteiger partial charge in [0.05, 0.1) is 33.8 Å². The number of ether oxygens (including phenoxy) is 1. The lowest BCUT2D eigenvalue weighted by atomic mass is 10.0. The Morgan fingerprint density at radius 1 is 0.463 bits per heavy atom. The lowest BCUT2D eigenvalue weighted by Crippen LogP contribution is -2.47. The number of nitrogens with one attached hydrogen (secondary N) is 1. The summed E-state index contributed by atoms with van der Waals surface area (Å²) in [6, 6.07) is -0.884. The first-order valence-electron chi connectivity index (χ1n) is 32.1. The zero-order valence-corrected chi connectivity index (χ0v) is 52.9. The normalized spacial score (nSPS) is 14.5. The fourth-order valence-corrected chi connectivity index (χ4v) is 9.28. The van der Waals surface area contributed by atoms with Crippen molar-refractivity contribution >= 4 is 19.7 Å². The van der Waals surface area contributed by atoms with Crippen LogP contribution in [-0.4, -0.2) is 74.3 Å². The first-order chi connectivity index (χ1) is 38.9. The highest BCUT2D eigenvalue weighted by Gasteiger charge is 2.30. The van der Waals surface area contributed by atoms with E-state index in [1.807, 2.05) is 94.1 Å². The number of nitrogens with zero attached hydrogens (tertiary/aromatic N) is 1. The maximum Gasteiger partial charge on any atom is 0.472 e. The van der Waals surface area contributed by atoms with E-state index in [4.69, 9.17) is 13.8 Å². The van der Waals surface area contributed by atoms with E-state index in [1.54, 1.807) is 0 Å². The van der Waals surface area contributed by atoms with E-state index in [0.29, 0.717) is 17.4 Å². The Kier molecular flexibility index (Phi) is 55.5. The minimum atomic E-state index is -4.47. The van der Waals surface area contributed by atoms with Gasteiger partial charge >= 0.3 is 13.8 Å². The molecule has 3 unspecified atom stereocenters. The minimum absolute atomic E-state index is 0.0224. The van der Waals surface area contributed by atoms with E-state index in [9.17, 15) is 19.0 Å². The smallest absolute Gasteiger partial charge is 0.456 e. The summed E-state index contributed by atoms with van der Waals surface area (Å²) in [5, 5.41) is 3.03. The van der Waals surface area contributed by atoms with Gasteiger partial charge in [-0.05, 0) is 96.0 Å². The van der Waals surface area contributed by atoms with E-state index in [0.717, 1.165) is 96.3 Å². The Balaban J connectivity index is 5.26. The van der Waals surface area contributed by atoms with E-state index < -0.39 is 20.0 Å². The van der Waals surface area contributed by atoms with Crippen molar-refractivity contribution in [3.63, 3.8) is 0 Å². The molecule has 0 saturated heterocycles. The molecule has 0 bridgehead atoms. The van der Waals surface area contributed by atoms with Crippen molar-refractivity contribution in [2.24, 2.45) is 0 Å². The second-order valence-corrected chi connectivity index (χ2v) is 23.8. The summed E-state index contributed by atoms with van der Waals surface area (Å²) in [4.78, 5) is 37.7. The van der Waals surface area contributed by atoms with Crippen molar-refractivity contribution in [1.82, 2.24) is 5.32 Å². The first-order valence-corrected chi connectivity index (χ1v) is 33.6. The summed E-state index contributed by atoms with van der Waals surface area (Å²) < 4.78 is 30.7. The standard InChI is InChI=1S/C70H119N2O7P/c1-7-10-13-16-19-22-25-28-30-32-33-34-35-36-37-38-39-41-43-45-48-51-54-57-60-63-70(74)79-68(61-58-55-52-49-46-27-24-21-18-15-12-9-3)67(66-78-80(75,76)77-65-64-72(4,5)6)71-69(73)62-59-56-53-50-47-44-42-40-31-29-26-23-20-17-14-11-8-2/h11,14,17,19-20,22-23,26,28-31,33-34,36-37,40,42,44,47,58,61,67-68H,7-10,12-13,15-16,18,21,24-25,27,32,35,38-39,41,43,45-46,48-57,59-60,62-66H2,1-6H3,(H-,71,73,75,76)/p+1/b14-11-,20-17+,22-19-,26-23+,30-28-,31-29-,34-33-,37-36-,42-40+,47-44+,61-58-. The van der Waals surface area contributed by atoms with Gasteiger partial charge in [-0.1, -0.05) is 270 Å². The third-order valence-corrected chi connectivity index (χ3v) is 14.5. The highest BCUT2D eigenvalue weighted by Crippen LogP contribution is 2.43. The molecule has 2 N–H and O–H groups in total. The van der Waals surface area contributed by atoms with Crippen LogP contribution < -0.4 is 5.32 Å². The molecule has 80 heavy (non-hydrogen) atoms. The monoisotopic (exact) mass is 1130 g/mol. The quantitative estimate of drug-likeness (QED) is 0.0156. The van der Waals surface area contributed by atoms with Gasteiger partial charge in [-0.25, -0.2) is 4.57 Å². The van der Waals surface area contributed by atoms with Crippen LogP contribution in [0.25, 0.3) is 0 Å². The number of rotatable bonds is 56. The SMILES string of the molecule is CC\C=C/C=C/C=C/C=C\C=C\C=C\CCCCCC(=O)NC(COP(=O)(O)OCC[N+](C)(C)C)C(/C=C\CCCCCCCCCCCC)OC(=O)CCCCCCCCCCC/C=C\C/C=C\C/C=C\C/C=C\CCCCC. The van der Waals surface area contributed by atoms with Gasteiger partial charge in [-0.15, -0.1) is 0 Å². The number of carbonyl (C=O) groups is 2. The van der Waals surface area contributed by atoms with Crippen molar-refractivity contribution in [2.45, 2.75) is 258 Å². The number of unbranched alkanes of at least 4 members (excludes halogenated alkanes) is 25. The van der Waals surface area contributed by atoms with Crippen LogP contribution in [0.1, 0.15) is 245 Å². The van der Waals surface area contributed by atoms with Gasteiger partial charge in [0.25, 0.3) is 0 Å². The molecule has 0 rings (SSSR count). The third kappa shape index (κ3) is 58.8. The molecule has 0 aliphatic carbocycles. The van der Waals surface area contributed by atoms with E-state index in [-0.39, 0.29) is 37.9 Å². The number of esters is 1. The van der Waals surface area contributed by atoms with Gasteiger partial charge in [0.1, 0.15) is 19.3 Å². The lowest BCUT2D eigenvalue weighted by molar-refractivity contribution is -0.870. The zero-order valence-electron chi connectivity index (χ0n) is 52.0. The van der Waals surface area contributed by atoms with Crippen LogP contribution in [0.15, 0.2) is 134 Å². The Hall–Kier alpha value is -3.85. The van der Waals surface area contributed by atoms with Crippen molar-refractivity contribution in [2.75, 3.05) is 40.9 Å². The summed E-state index contributed by atoms with van der Waals surface area (Å²) in [6.07, 6.45) is 83.1. The summed E-state index contributed by atoms with van der Waals surface area (Å²) >= 11 is 0. The van der Waals surface area contributed by atoms with Gasteiger partial charge in [0.2, 0.25) is 5.91 Å². The van der Waals surface area contributed by atoms with Crippen LogP contribution in [0, 0.1) is 0 Å². The molecule has 0 aromatic heterocycles. The Morgan fingerprint density at radius 2 is 0.850 bits per heavy atom. The maximum atomic E-state index is 13.5. The number of likely N-dealkylation sites (N-methyl/N-ethyl adjacent to an activating group) is 1. The van der Waals surface area contributed by atoms with Crippen molar-refractivity contribution in [3.05, 3.63) is 134 Å². The lowest BCUT2D eigenvalue weighted by Gasteiger charge is -2.27. The molecule has 0 aromatic rings.